The van der Waals surface area contributed by atoms with E-state index in [4.69, 9.17) is 4.52 Å². The summed E-state index contributed by atoms with van der Waals surface area (Å²) in [6, 6.07) is 16.3. The molecule has 29 heavy (non-hydrogen) atoms. The van der Waals surface area contributed by atoms with Crippen LogP contribution >= 0.6 is 0 Å². The van der Waals surface area contributed by atoms with E-state index in [2.05, 4.69) is 10.5 Å². The predicted molar refractivity (Wildman–Crippen MR) is 112 cm³/mol. The van der Waals surface area contributed by atoms with Gasteiger partial charge in [0.25, 0.3) is 15.9 Å². The number of aromatic nitrogens is 1. The molecule has 1 heterocycles. The van der Waals surface area contributed by atoms with E-state index in [9.17, 15) is 13.2 Å². The number of benzene rings is 2. The average molecular weight is 413 g/mol. The van der Waals surface area contributed by atoms with E-state index < -0.39 is 15.9 Å². The fourth-order valence-electron chi connectivity index (χ4n) is 2.61. The highest BCUT2D eigenvalue weighted by molar-refractivity contribution is 7.92. The number of rotatable bonds is 5. The first kappa shape index (κ1) is 20.6. The summed E-state index contributed by atoms with van der Waals surface area (Å²) < 4.78 is 32.3. The quantitative estimate of drug-likeness (QED) is 0.681. The predicted octanol–water partition coefficient (Wildman–Crippen LogP) is 4.05. The van der Waals surface area contributed by atoms with Crippen LogP contribution in [0, 0.1) is 0 Å². The van der Waals surface area contributed by atoms with Crippen LogP contribution in [0.4, 0.5) is 11.5 Å². The molecule has 3 rings (SSSR count). The molecule has 0 aliphatic rings. The largest absolute Gasteiger partial charge is 0.359 e. The van der Waals surface area contributed by atoms with Crippen molar-refractivity contribution in [2.24, 2.45) is 0 Å². The minimum Gasteiger partial charge on any atom is -0.359 e. The van der Waals surface area contributed by atoms with Gasteiger partial charge in [-0.1, -0.05) is 50.2 Å². The van der Waals surface area contributed by atoms with E-state index in [1.165, 1.54) is 29.6 Å². The second-order valence-electron chi connectivity index (χ2n) is 7.62. The van der Waals surface area contributed by atoms with Crippen LogP contribution in [0.5, 0.6) is 0 Å². The van der Waals surface area contributed by atoms with Gasteiger partial charge in [-0.2, -0.15) is 0 Å². The van der Waals surface area contributed by atoms with Crippen LogP contribution in [-0.2, 0) is 15.4 Å². The summed E-state index contributed by atoms with van der Waals surface area (Å²) in [6.45, 7) is 5.91. The van der Waals surface area contributed by atoms with Crippen molar-refractivity contribution in [3.63, 3.8) is 0 Å². The number of para-hydroxylation sites is 1. The van der Waals surface area contributed by atoms with Crippen LogP contribution in [0.15, 0.2) is 70.1 Å². The summed E-state index contributed by atoms with van der Waals surface area (Å²) in [6.07, 6.45) is 0. The Hall–Kier alpha value is -3.13. The molecule has 1 aromatic heterocycles. The fourth-order valence-corrected chi connectivity index (χ4v) is 3.85. The normalized spacial score (nSPS) is 11.9. The molecule has 0 aliphatic carbocycles. The van der Waals surface area contributed by atoms with Gasteiger partial charge >= 0.3 is 0 Å². The Morgan fingerprint density at radius 3 is 2.34 bits per heavy atom. The monoisotopic (exact) mass is 413 g/mol. The molecule has 3 aromatic rings. The lowest BCUT2D eigenvalue weighted by molar-refractivity contribution is 0.102. The number of sulfonamides is 1. The Balaban J connectivity index is 1.83. The minimum atomic E-state index is -3.82. The third-order valence-corrected chi connectivity index (χ3v) is 6.15. The highest BCUT2D eigenvalue weighted by atomic mass is 32.2. The van der Waals surface area contributed by atoms with Gasteiger partial charge in [-0.25, -0.2) is 8.42 Å². The summed E-state index contributed by atoms with van der Waals surface area (Å²) in [4.78, 5) is 12.6. The molecule has 2 aromatic carbocycles. The average Bonchev–Trinajstić information content (AvgIpc) is 3.17. The van der Waals surface area contributed by atoms with Crippen LogP contribution in [0.1, 0.15) is 36.9 Å². The van der Waals surface area contributed by atoms with Crippen molar-refractivity contribution in [2.75, 3.05) is 16.7 Å². The molecule has 152 valence electrons. The van der Waals surface area contributed by atoms with Crippen LogP contribution in [-0.4, -0.2) is 26.5 Å². The molecule has 1 amide bonds. The minimum absolute atomic E-state index is 0.0204. The highest BCUT2D eigenvalue weighted by Crippen LogP contribution is 2.25. The zero-order chi connectivity index (χ0) is 21.2. The second kappa shape index (κ2) is 7.71. The van der Waals surface area contributed by atoms with Crippen molar-refractivity contribution in [1.82, 2.24) is 5.16 Å². The van der Waals surface area contributed by atoms with Gasteiger partial charge in [0.05, 0.1) is 10.6 Å². The van der Waals surface area contributed by atoms with Crippen molar-refractivity contribution >= 4 is 27.4 Å². The fraction of sp³-hybridized carbons (Fsp3) is 0.238. The first-order valence-electron chi connectivity index (χ1n) is 9.01. The third-order valence-electron chi connectivity index (χ3n) is 4.37. The maximum Gasteiger partial charge on any atom is 0.264 e. The Morgan fingerprint density at radius 2 is 1.72 bits per heavy atom. The zero-order valence-electron chi connectivity index (χ0n) is 16.7. The van der Waals surface area contributed by atoms with Crippen molar-refractivity contribution in [3.8, 4) is 0 Å². The van der Waals surface area contributed by atoms with Crippen LogP contribution in [0.3, 0.4) is 0 Å². The molecule has 0 bridgehead atoms. The van der Waals surface area contributed by atoms with E-state index in [0.29, 0.717) is 11.4 Å². The summed E-state index contributed by atoms with van der Waals surface area (Å²) in [5.41, 5.74) is 0.485. The van der Waals surface area contributed by atoms with Gasteiger partial charge in [-0.05, 0) is 30.3 Å². The summed E-state index contributed by atoms with van der Waals surface area (Å²) >= 11 is 0. The molecule has 0 spiro atoms. The summed E-state index contributed by atoms with van der Waals surface area (Å²) in [7, 11) is -2.34. The highest BCUT2D eigenvalue weighted by Gasteiger charge is 2.23. The van der Waals surface area contributed by atoms with Crippen LogP contribution < -0.4 is 9.62 Å². The Morgan fingerprint density at radius 1 is 1.03 bits per heavy atom. The molecular formula is C21H23N3O4S. The van der Waals surface area contributed by atoms with Crippen LogP contribution in [0.25, 0.3) is 0 Å². The topological polar surface area (TPSA) is 92.5 Å². The molecule has 0 atom stereocenters. The van der Waals surface area contributed by atoms with E-state index in [1.807, 2.05) is 26.8 Å². The first-order valence-corrected chi connectivity index (χ1v) is 10.5. The SMILES string of the molecule is CN(c1ccccc1)S(=O)(=O)c1cccc(C(=O)Nc2cc(C(C)(C)C)on2)c1. The van der Waals surface area contributed by atoms with Gasteiger partial charge in [-0.3, -0.25) is 9.10 Å². The third kappa shape index (κ3) is 4.48. The lowest BCUT2D eigenvalue weighted by Gasteiger charge is -2.19. The second-order valence-corrected chi connectivity index (χ2v) is 9.59. The standard InChI is InChI=1S/C21H23N3O4S/c1-21(2,3)18-14-19(23-28-18)22-20(25)15-9-8-12-17(13-15)29(26,27)24(4)16-10-6-5-7-11-16/h5-14H,1-4H3,(H,22,23,25). The van der Waals surface area contributed by atoms with E-state index in [0.717, 1.165) is 0 Å². The molecule has 1 N–H and O–H groups in total. The summed E-state index contributed by atoms with van der Waals surface area (Å²) in [5, 5.41) is 6.49. The van der Waals surface area contributed by atoms with Gasteiger partial charge in [-0.15, -0.1) is 0 Å². The van der Waals surface area contributed by atoms with Crippen molar-refractivity contribution < 1.29 is 17.7 Å². The lowest BCUT2D eigenvalue weighted by atomic mass is 9.93. The van der Waals surface area contributed by atoms with E-state index in [1.54, 1.807) is 36.4 Å². The molecule has 0 saturated carbocycles. The van der Waals surface area contributed by atoms with Crippen molar-refractivity contribution in [1.29, 1.82) is 0 Å². The van der Waals surface area contributed by atoms with Gasteiger partial charge in [0.1, 0.15) is 5.76 Å². The maximum atomic E-state index is 12.9. The Labute approximate surface area is 170 Å². The number of nitrogens with one attached hydrogen (secondary N) is 1. The van der Waals surface area contributed by atoms with Gasteiger partial charge in [0.15, 0.2) is 5.82 Å². The zero-order valence-corrected chi connectivity index (χ0v) is 17.5. The van der Waals surface area contributed by atoms with Gasteiger partial charge in [0.2, 0.25) is 0 Å². The van der Waals surface area contributed by atoms with E-state index >= 15 is 0 Å². The van der Waals surface area contributed by atoms with Crippen molar-refractivity contribution in [3.05, 3.63) is 72.0 Å². The molecule has 0 fully saturated rings. The molecule has 0 aliphatic heterocycles. The Bertz CT molecular complexity index is 1120. The summed E-state index contributed by atoms with van der Waals surface area (Å²) in [5.74, 6) is 0.432. The number of nitrogens with zero attached hydrogens (tertiary/aromatic N) is 2. The van der Waals surface area contributed by atoms with E-state index in [-0.39, 0.29) is 21.7 Å². The number of carbonyl (C=O) groups is 1. The van der Waals surface area contributed by atoms with Crippen molar-refractivity contribution in [2.45, 2.75) is 31.1 Å². The molecule has 8 heteroatoms. The smallest absolute Gasteiger partial charge is 0.264 e. The molecule has 7 nitrogen and oxygen atoms in total. The number of amides is 1. The molecular weight excluding hydrogens is 390 g/mol. The van der Waals surface area contributed by atoms with Gasteiger partial charge < -0.3 is 9.84 Å². The molecule has 0 unspecified atom stereocenters. The molecule has 0 radical (unpaired) electrons. The molecule has 0 saturated heterocycles. The maximum absolute atomic E-state index is 12.9. The lowest BCUT2D eigenvalue weighted by Crippen LogP contribution is -2.26. The Kier molecular flexibility index (Phi) is 5.48. The first-order chi connectivity index (χ1) is 13.6. The number of anilines is 2. The van der Waals surface area contributed by atoms with Gasteiger partial charge in [0, 0.05) is 24.1 Å². The number of hydrogen-bond donors (Lipinski definition) is 1. The van der Waals surface area contributed by atoms with Crippen LogP contribution in [0.2, 0.25) is 0 Å². The number of hydrogen-bond acceptors (Lipinski definition) is 5. The number of carbonyl (C=O) groups excluding carboxylic acids is 1.